The van der Waals surface area contributed by atoms with Gasteiger partial charge in [-0.15, -0.1) is 0 Å². The summed E-state index contributed by atoms with van der Waals surface area (Å²) < 4.78 is 9.55. The lowest BCUT2D eigenvalue weighted by atomic mass is 10.5. The van der Waals surface area contributed by atoms with E-state index < -0.39 is 24.3 Å². The zero-order valence-electron chi connectivity index (χ0n) is 9.40. The van der Waals surface area contributed by atoms with Gasteiger partial charge in [0.1, 0.15) is 25.3 Å². The fraction of sp³-hybridized carbons (Fsp3) is 0.600. The molecule has 0 saturated carbocycles. The highest BCUT2D eigenvalue weighted by molar-refractivity contribution is 5.72. The lowest BCUT2D eigenvalue weighted by molar-refractivity contribution is 0.0812. The van der Waals surface area contributed by atoms with Crippen LogP contribution in [0.4, 0.5) is 9.59 Å². The molecule has 0 aliphatic carbocycles. The molecule has 2 fully saturated rings. The number of carbonyl (C=O) groups is 2. The molecule has 2 amide bonds. The molecule has 2 heterocycles. The molecule has 8 nitrogen and oxygen atoms in total. The highest BCUT2D eigenvalue weighted by Gasteiger charge is 2.41. The second kappa shape index (κ2) is 4.80. The van der Waals surface area contributed by atoms with Crippen LogP contribution in [0, 0.1) is 22.7 Å². The number of rotatable bonds is 3. The van der Waals surface area contributed by atoms with Gasteiger partial charge in [0.05, 0.1) is 25.2 Å². The number of nitrogens with zero attached hydrogens (tertiary/aromatic N) is 4. The maximum atomic E-state index is 11.2. The van der Waals surface area contributed by atoms with Crippen molar-refractivity contribution in [1.29, 1.82) is 10.5 Å². The topological polar surface area (TPSA) is 106 Å². The maximum Gasteiger partial charge on any atom is 0.411 e. The van der Waals surface area contributed by atoms with Crippen LogP contribution >= 0.6 is 0 Å². The van der Waals surface area contributed by atoms with Gasteiger partial charge < -0.3 is 9.47 Å². The maximum absolute atomic E-state index is 11.2. The van der Waals surface area contributed by atoms with Gasteiger partial charge in [-0.25, -0.2) is 9.59 Å². The van der Waals surface area contributed by atoms with Gasteiger partial charge in [0, 0.05) is 0 Å². The quantitative estimate of drug-likeness (QED) is 0.501. The van der Waals surface area contributed by atoms with Crippen LogP contribution in [0.3, 0.4) is 0 Å². The van der Waals surface area contributed by atoms with Gasteiger partial charge in [-0.2, -0.15) is 10.5 Å². The van der Waals surface area contributed by atoms with Gasteiger partial charge >= 0.3 is 12.2 Å². The number of nitriles is 2. The molecule has 2 aliphatic heterocycles. The van der Waals surface area contributed by atoms with Crippen LogP contribution in [-0.2, 0) is 9.47 Å². The van der Waals surface area contributed by atoms with Crippen molar-refractivity contribution in [3.05, 3.63) is 0 Å². The zero-order chi connectivity index (χ0) is 13.1. The van der Waals surface area contributed by atoms with Gasteiger partial charge in [-0.3, -0.25) is 9.80 Å². The average molecular weight is 250 g/mol. The molecule has 0 radical (unpaired) electrons. The van der Waals surface area contributed by atoms with Crippen LogP contribution in [0.25, 0.3) is 0 Å². The Labute approximate surface area is 103 Å². The van der Waals surface area contributed by atoms with E-state index in [0.717, 1.165) is 0 Å². The fourth-order valence-corrected chi connectivity index (χ4v) is 1.33. The third-order valence-corrected chi connectivity index (χ3v) is 2.53. The third-order valence-electron chi connectivity index (χ3n) is 2.53. The summed E-state index contributed by atoms with van der Waals surface area (Å²) in [5, 5.41) is 17.0. The predicted molar refractivity (Wildman–Crippen MR) is 54.9 cm³/mol. The van der Waals surface area contributed by atoms with Crippen molar-refractivity contribution in [2.45, 2.75) is 12.1 Å². The molecule has 2 aliphatic rings. The van der Waals surface area contributed by atoms with Crippen LogP contribution in [0.2, 0.25) is 0 Å². The normalized spacial score (nSPS) is 23.7. The lowest BCUT2D eigenvalue weighted by Gasteiger charge is -2.06. The van der Waals surface area contributed by atoms with E-state index in [2.05, 4.69) is 0 Å². The summed E-state index contributed by atoms with van der Waals surface area (Å²) in [7, 11) is 0. The summed E-state index contributed by atoms with van der Waals surface area (Å²) in [6.45, 7) is 0.633. The number of carbonyl (C=O) groups excluding carboxylic acids is 2. The highest BCUT2D eigenvalue weighted by Crippen LogP contribution is 2.18. The first-order chi connectivity index (χ1) is 8.67. The van der Waals surface area contributed by atoms with Gasteiger partial charge in [-0.1, -0.05) is 0 Å². The Kier molecular flexibility index (Phi) is 3.20. The van der Waals surface area contributed by atoms with Crippen molar-refractivity contribution in [1.82, 2.24) is 9.80 Å². The molecule has 94 valence electrons. The first-order valence-electron chi connectivity index (χ1n) is 5.33. The van der Waals surface area contributed by atoms with Gasteiger partial charge in [0.25, 0.3) is 0 Å². The van der Waals surface area contributed by atoms with Crippen molar-refractivity contribution < 1.29 is 19.1 Å². The molecule has 18 heavy (non-hydrogen) atoms. The van der Waals surface area contributed by atoms with Crippen LogP contribution < -0.4 is 0 Å². The lowest BCUT2D eigenvalue weighted by Crippen LogP contribution is -2.21. The first kappa shape index (κ1) is 12.0. The third kappa shape index (κ3) is 2.61. The summed E-state index contributed by atoms with van der Waals surface area (Å²) in [5.74, 6) is 0. The van der Waals surface area contributed by atoms with Crippen LogP contribution in [0.1, 0.15) is 0 Å². The molecule has 2 unspecified atom stereocenters. The minimum absolute atomic E-state index is 0.0652. The number of amides is 2. The van der Waals surface area contributed by atoms with E-state index in [1.54, 1.807) is 0 Å². The molecule has 0 spiro atoms. The van der Waals surface area contributed by atoms with Crippen molar-refractivity contribution in [3.63, 3.8) is 0 Å². The van der Waals surface area contributed by atoms with Crippen molar-refractivity contribution >= 4 is 12.2 Å². The van der Waals surface area contributed by atoms with Crippen LogP contribution in [0.15, 0.2) is 0 Å². The second-order valence-electron chi connectivity index (χ2n) is 3.82. The standard InChI is InChI=1S/C10H10N4O4/c11-3-7-5-13(7)9(15)17-1-2-18-10(16)14-6-8(14)4-12/h7-8H,1-2,5-6H2. The van der Waals surface area contributed by atoms with Crippen molar-refractivity contribution in [3.8, 4) is 12.1 Å². The molecule has 2 saturated heterocycles. The summed E-state index contributed by atoms with van der Waals surface area (Å²) in [5.41, 5.74) is 0. The van der Waals surface area contributed by atoms with E-state index >= 15 is 0 Å². The zero-order valence-corrected chi connectivity index (χ0v) is 9.40. The van der Waals surface area contributed by atoms with E-state index in [9.17, 15) is 9.59 Å². The van der Waals surface area contributed by atoms with E-state index in [0.29, 0.717) is 13.1 Å². The molecule has 0 N–H and O–H groups in total. The molecule has 2 atom stereocenters. The van der Waals surface area contributed by atoms with Crippen molar-refractivity contribution in [2.24, 2.45) is 0 Å². The van der Waals surface area contributed by atoms with E-state index in [4.69, 9.17) is 20.0 Å². The Balaban J connectivity index is 1.55. The Bertz CT molecular complexity index is 410. The van der Waals surface area contributed by atoms with Gasteiger partial charge in [0.15, 0.2) is 0 Å². The molecule has 0 aromatic heterocycles. The monoisotopic (exact) mass is 250 g/mol. The Morgan fingerprint density at radius 3 is 1.67 bits per heavy atom. The number of ether oxygens (including phenoxy) is 2. The summed E-state index contributed by atoms with van der Waals surface area (Å²) in [4.78, 5) is 25.0. The summed E-state index contributed by atoms with van der Waals surface area (Å²) in [6.07, 6.45) is -1.17. The average Bonchev–Trinajstić information content (AvgIpc) is 3.27. The molecular formula is C10H10N4O4. The minimum Gasteiger partial charge on any atom is -0.446 e. The Hall–Kier alpha value is -2.48. The first-order valence-corrected chi connectivity index (χ1v) is 5.33. The summed E-state index contributed by atoms with van der Waals surface area (Å²) >= 11 is 0. The molecule has 0 aromatic carbocycles. The molecule has 2 rings (SSSR count). The highest BCUT2D eigenvalue weighted by atomic mass is 16.6. The Morgan fingerprint density at radius 1 is 1.00 bits per heavy atom. The second-order valence-corrected chi connectivity index (χ2v) is 3.82. The SMILES string of the molecule is N#CC1CN1C(=O)OCCOC(=O)N1CC1C#N. The van der Waals surface area contributed by atoms with E-state index in [-0.39, 0.29) is 13.2 Å². The molecule has 0 bridgehead atoms. The molecule has 8 heteroatoms. The van der Waals surface area contributed by atoms with Crippen LogP contribution in [-0.4, -0.2) is 60.4 Å². The Morgan fingerprint density at radius 2 is 1.39 bits per heavy atom. The predicted octanol–water partition coefficient (Wildman–Crippen LogP) is -0.325. The molecular weight excluding hydrogens is 240 g/mol. The fourth-order valence-electron chi connectivity index (χ4n) is 1.33. The van der Waals surface area contributed by atoms with Crippen molar-refractivity contribution in [2.75, 3.05) is 26.3 Å². The van der Waals surface area contributed by atoms with Gasteiger partial charge in [0.2, 0.25) is 0 Å². The van der Waals surface area contributed by atoms with Crippen LogP contribution in [0.5, 0.6) is 0 Å². The van der Waals surface area contributed by atoms with E-state index in [1.165, 1.54) is 9.80 Å². The molecule has 0 aromatic rings. The van der Waals surface area contributed by atoms with Gasteiger partial charge in [-0.05, 0) is 0 Å². The summed E-state index contributed by atoms with van der Waals surface area (Å²) in [6, 6.07) is 3.04. The van der Waals surface area contributed by atoms with E-state index in [1.807, 2.05) is 12.1 Å². The minimum atomic E-state index is -0.584. The number of hydrogen-bond acceptors (Lipinski definition) is 6. The number of hydrogen-bond donors (Lipinski definition) is 0. The largest absolute Gasteiger partial charge is 0.446 e. The smallest absolute Gasteiger partial charge is 0.411 e.